The number of carbonyl (C=O) groups excluding carboxylic acids is 1. The second-order valence-electron chi connectivity index (χ2n) is 6.30. The molecule has 1 aliphatic heterocycles. The molecule has 1 amide bonds. The first kappa shape index (κ1) is 16.6. The van der Waals surface area contributed by atoms with E-state index in [4.69, 9.17) is 4.42 Å². The minimum atomic E-state index is -4.67. The van der Waals surface area contributed by atoms with Crippen LogP contribution in [0.1, 0.15) is 41.0 Å². The number of halogens is 3. The molecule has 136 valence electrons. The average Bonchev–Trinajstić information content (AvgIpc) is 3.28. The molecule has 1 aromatic carbocycles. The standard InChI is InChI=1S/C17H15F3N4O2/c18-17(19,20)16-23-22-14(26-16)11-5-3-7-24(9-11)15(25)13-8-10-4-1-2-6-12(10)21-13/h1-2,4,6,8,11,21H,3,5,7,9H2/t11-/m1/s1. The summed E-state index contributed by atoms with van der Waals surface area (Å²) in [5.74, 6) is -2.03. The Hall–Kier alpha value is -2.84. The molecule has 1 saturated heterocycles. The van der Waals surface area contributed by atoms with Gasteiger partial charge < -0.3 is 14.3 Å². The lowest BCUT2D eigenvalue weighted by Gasteiger charge is -2.30. The number of rotatable bonds is 2. The smallest absolute Gasteiger partial charge is 0.417 e. The molecule has 1 aliphatic rings. The van der Waals surface area contributed by atoms with E-state index in [9.17, 15) is 18.0 Å². The van der Waals surface area contributed by atoms with Crippen LogP contribution in [0.25, 0.3) is 10.9 Å². The van der Waals surface area contributed by atoms with Gasteiger partial charge >= 0.3 is 12.1 Å². The maximum atomic E-state index is 12.8. The zero-order chi connectivity index (χ0) is 18.3. The fourth-order valence-corrected chi connectivity index (χ4v) is 3.24. The second-order valence-corrected chi connectivity index (χ2v) is 6.30. The third-order valence-electron chi connectivity index (χ3n) is 4.50. The Kier molecular flexibility index (Phi) is 3.93. The molecule has 1 atom stereocenters. The molecule has 0 spiro atoms. The summed E-state index contributed by atoms with van der Waals surface area (Å²) in [7, 11) is 0. The highest BCUT2D eigenvalue weighted by atomic mass is 19.4. The lowest BCUT2D eigenvalue weighted by molar-refractivity contribution is -0.157. The predicted octanol–water partition coefficient (Wildman–Crippen LogP) is 3.59. The first-order chi connectivity index (χ1) is 12.4. The van der Waals surface area contributed by atoms with Gasteiger partial charge in [-0.15, -0.1) is 10.2 Å². The average molecular weight is 364 g/mol. The molecule has 6 nitrogen and oxygen atoms in total. The molecule has 0 bridgehead atoms. The molecule has 0 aliphatic carbocycles. The largest absolute Gasteiger partial charge is 0.470 e. The Bertz CT molecular complexity index is 914. The van der Waals surface area contributed by atoms with Crippen molar-refractivity contribution in [1.29, 1.82) is 0 Å². The van der Waals surface area contributed by atoms with Crippen LogP contribution in [0, 0.1) is 0 Å². The van der Waals surface area contributed by atoms with Gasteiger partial charge in [0.05, 0.1) is 5.92 Å². The predicted molar refractivity (Wildman–Crippen MR) is 85.5 cm³/mol. The van der Waals surface area contributed by atoms with Crippen LogP contribution >= 0.6 is 0 Å². The van der Waals surface area contributed by atoms with Gasteiger partial charge in [0, 0.05) is 24.0 Å². The molecule has 1 N–H and O–H groups in total. The Morgan fingerprint density at radius 3 is 2.81 bits per heavy atom. The van der Waals surface area contributed by atoms with Gasteiger partial charge in [-0.3, -0.25) is 4.79 Å². The first-order valence-corrected chi connectivity index (χ1v) is 8.19. The van der Waals surface area contributed by atoms with E-state index in [0.29, 0.717) is 25.1 Å². The number of aromatic amines is 1. The zero-order valence-electron chi connectivity index (χ0n) is 13.6. The number of hydrogen-bond donors (Lipinski definition) is 1. The van der Waals surface area contributed by atoms with Gasteiger partial charge in [-0.2, -0.15) is 13.2 Å². The zero-order valence-corrected chi connectivity index (χ0v) is 13.6. The number of aromatic nitrogens is 3. The van der Waals surface area contributed by atoms with E-state index in [0.717, 1.165) is 10.9 Å². The van der Waals surface area contributed by atoms with Crippen molar-refractivity contribution in [2.24, 2.45) is 0 Å². The minimum absolute atomic E-state index is 0.0773. The molecule has 3 aromatic rings. The lowest BCUT2D eigenvalue weighted by atomic mass is 9.98. The van der Waals surface area contributed by atoms with Crippen LogP contribution in [0.2, 0.25) is 0 Å². The molecular formula is C17H15F3N4O2. The third kappa shape index (κ3) is 3.04. The third-order valence-corrected chi connectivity index (χ3v) is 4.50. The van der Waals surface area contributed by atoms with Crippen LogP contribution in [-0.4, -0.2) is 39.1 Å². The highest BCUT2D eigenvalue weighted by molar-refractivity contribution is 5.98. The topological polar surface area (TPSA) is 75.0 Å². The molecule has 2 aromatic heterocycles. The number of alkyl halides is 3. The summed E-state index contributed by atoms with van der Waals surface area (Å²) >= 11 is 0. The monoisotopic (exact) mass is 364 g/mol. The highest BCUT2D eigenvalue weighted by Gasteiger charge is 2.39. The van der Waals surface area contributed by atoms with Crippen LogP contribution in [0.4, 0.5) is 13.2 Å². The maximum Gasteiger partial charge on any atom is 0.470 e. The summed E-state index contributed by atoms with van der Waals surface area (Å²) in [6.45, 7) is 0.776. The van der Waals surface area contributed by atoms with E-state index in [2.05, 4.69) is 15.2 Å². The minimum Gasteiger partial charge on any atom is -0.417 e. The Morgan fingerprint density at radius 2 is 2.08 bits per heavy atom. The van der Waals surface area contributed by atoms with Crippen molar-refractivity contribution < 1.29 is 22.4 Å². The maximum absolute atomic E-state index is 12.8. The van der Waals surface area contributed by atoms with Gasteiger partial charge in [0.1, 0.15) is 5.69 Å². The van der Waals surface area contributed by atoms with Crippen molar-refractivity contribution in [3.63, 3.8) is 0 Å². The quantitative estimate of drug-likeness (QED) is 0.754. The van der Waals surface area contributed by atoms with Crippen molar-refractivity contribution in [1.82, 2.24) is 20.1 Å². The van der Waals surface area contributed by atoms with Gasteiger partial charge in [0.25, 0.3) is 5.91 Å². The summed E-state index contributed by atoms with van der Waals surface area (Å²) in [5.41, 5.74) is 1.31. The lowest BCUT2D eigenvalue weighted by Crippen LogP contribution is -2.39. The number of nitrogens with one attached hydrogen (secondary N) is 1. The van der Waals surface area contributed by atoms with E-state index in [1.165, 1.54) is 0 Å². The van der Waals surface area contributed by atoms with Gasteiger partial charge in [0.2, 0.25) is 5.89 Å². The fraction of sp³-hybridized carbons (Fsp3) is 0.353. The number of fused-ring (bicyclic) bond motifs is 1. The molecular weight excluding hydrogens is 349 g/mol. The Balaban J connectivity index is 1.52. The summed E-state index contributed by atoms with van der Waals surface area (Å²) in [6.07, 6.45) is -3.42. The van der Waals surface area contributed by atoms with Gasteiger partial charge in [-0.1, -0.05) is 18.2 Å². The number of carbonyl (C=O) groups is 1. The number of hydrogen-bond acceptors (Lipinski definition) is 4. The van der Waals surface area contributed by atoms with E-state index in [1.54, 1.807) is 11.0 Å². The van der Waals surface area contributed by atoms with Crippen molar-refractivity contribution in [3.8, 4) is 0 Å². The molecule has 0 radical (unpaired) electrons. The van der Waals surface area contributed by atoms with E-state index >= 15 is 0 Å². The van der Waals surface area contributed by atoms with Crippen LogP contribution in [0.3, 0.4) is 0 Å². The normalized spacial score (nSPS) is 18.4. The van der Waals surface area contributed by atoms with Crippen molar-refractivity contribution >= 4 is 16.8 Å². The Morgan fingerprint density at radius 1 is 1.27 bits per heavy atom. The summed E-state index contributed by atoms with van der Waals surface area (Å²) in [6, 6.07) is 9.31. The molecule has 9 heteroatoms. The van der Waals surface area contributed by atoms with Gasteiger partial charge in [-0.05, 0) is 25.0 Å². The molecule has 1 fully saturated rings. The van der Waals surface area contributed by atoms with Crippen LogP contribution in [-0.2, 0) is 6.18 Å². The van der Waals surface area contributed by atoms with Crippen LogP contribution in [0.5, 0.6) is 0 Å². The van der Waals surface area contributed by atoms with Crippen LogP contribution < -0.4 is 0 Å². The number of piperidine rings is 1. The molecule has 3 heterocycles. The molecule has 0 unspecified atom stereocenters. The van der Waals surface area contributed by atoms with Crippen molar-refractivity contribution in [2.75, 3.05) is 13.1 Å². The van der Waals surface area contributed by atoms with Gasteiger partial charge in [0.15, 0.2) is 0 Å². The van der Waals surface area contributed by atoms with Gasteiger partial charge in [-0.25, -0.2) is 0 Å². The van der Waals surface area contributed by atoms with Crippen molar-refractivity contribution in [2.45, 2.75) is 24.9 Å². The number of likely N-dealkylation sites (tertiary alicyclic amines) is 1. The second kappa shape index (κ2) is 6.15. The highest BCUT2D eigenvalue weighted by Crippen LogP contribution is 2.32. The fourth-order valence-electron chi connectivity index (χ4n) is 3.24. The first-order valence-electron chi connectivity index (χ1n) is 8.19. The molecule has 0 saturated carbocycles. The number of para-hydroxylation sites is 1. The number of nitrogens with zero attached hydrogens (tertiary/aromatic N) is 3. The van der Waals surface area contributed by atoms with E-state index < -0.39 is 18.0 Å². The van der Waals surface area contributed by atoms with Crippen molar-refractivity contribution in [3.05, 3.63) is 47.8 Å². The summed E-state index contributed by atoms with van der Waals surface area (Å²) in [4.78, 5) is 17.4. The summed E-state index contributed by atoms with van der Waals surface area (Å²) < 4.78 is 42.7. The number of H-pyrrole nitrogens is 1. The number of benzene rings is 1. The molecule has 4 rings (SSSR count). The summed E-state index contributed by atoms with van der Waals surface area (Å²) in [5, 5.41) is 7.52. The Labute approximate surface area is 146 Å². The van der Waals surface area contributed by atoms with E-state index in [1.807, 2.05) is 24.3 Å². The van der Waals surface area contributed by atoms with E-state index in [-0.39, 0.29) is 18.3 Å². The molecule has 26 heavy (non-hydrogen) atoms. The van der Waals surface area contributed by atoms with Crippen LogP contribution in [0.15, 0.2) is 34.7 Å². The SMILES string of the molecule is O=C(c1cc2ccccc2[nH]1)N1CCC[C@@H](c2nnc(C(F)(F)F)o2)C1. The number of amides is 1.